The van der Waals surface area contributed by atoms with Crippen LogP contribution in [0.4, 0.5) is 0 Å². The molecular weight excluding hydrogens is 597 g/mol. The normalized spacial score (nSPS) is 15.9. The number of rotatable bonds is 3. The smallest absolute Gasteiger partial charge is 0.206 e. The Bertz CT molecular complexity index is 2690. The largest absolute Gasteiger partial charge is 0.455 e. The highest BCUT2D eigenvalue weighted by Gasteiger charge is 2.52. The van der Waals surface area contributed by atoms with Gasteiger partial charge >= 0.3 is 0 Å². The van der Waals surface area contributed by atoms with Gasteiger partial charge in [-0.1, -0.05) is 127 Å². The van der Waals surface area contributed by atoms with Gasteiger partial charge in [0.05, 0.1) is 15.2 Å². The lowest BCUT2D eigenvalue weighted by Crippen LogP contribution is -2.26. The van der Waals surface area contributed by atoms with E-state index in [1.54, 1.807) is 18.2 Å². The summed E-state index contributed by atoms with van der Waals surface area (Å²) in [6.45, 7) is 0. The molecule has 1 atom stereocenters. The lowest BCUT2D eigenvalue weighted by atomic mass is 9.70. The zero-order valence-corrected chi connectivity index (χ0v) is 26.0. The number of hydrogen-bond acceptors (Lipinski definition) is 3. The van der Waals surface area contributed by atoms with Crippen molar-refractivity contribution in [2.24, 2.45) is 0 Å². The quantitative estimate of drug-likeness (QED) is 0.197. The molecule has 0 radical (unpaired) electrons. The summed E-state index contributed by atoms with van der Waals surface area (Å²) in [5.74, 6) is 0. The lowest BCUT2D eigenvalue weighted by Gasteiger charge is -2.30. The second kappa shape index (κ2) is 9.41. The van der Waals surface area contributed by atoms with Crippen LogP contribution in [-0.4, -0.2) is 8.42 Å². The molecule has 1 heterocycles. The molecule has 4 heteroatoms. The predicted molar refractivity (Wildman–Crippen MR) is 187 cm³/mol. The van der Waals surface area contributed by atoms with E-state index in [4.69, 9.17) is 4.42 Å². The average molecular weight is 623 g/mol. The van der Waals surface area contributed by atoms with E-state index < -0.39 is 15.3 Å². The Labute approximate surface area is 272 Å². The topological polar surface area (TPSA) is 47.3 Å². The highest BCUT2D eigenvalue weighted by Crippen LogP contribution is 2.64. The van der Waals surface area contributed by atoms with Crippen LogP contribution in [0.25, 0.3) is 55.3 Å². The van der Waals surface area contributed by atoms with Crippen LogP contribution in [0.15, 0.2) is 172 Å². The van der Waals surface area contributed by atoms with Crippen molar-refractivity contribution in [1.82, 2.24) is 0 Å². The van der Waals surface area contributed by atoms with Gasteiger partial charge in [0.15, 0.2) is 0 Å². The van der Waals surface area contributed by atoms with Crippen molar-refractivity contribution in [2.45, 2.75) is 15.2 Å². The summed E-state index contributed by atoms with van der Waals surface area (Å²) < 4.78 is 35.2. The molecule has 0 saturated heterocycles. The van der Waals surface area contributed by atoms with E-state index in [2.05, 4.69) is 66.7 Å². The van der Waals surface area contributed by atoms with E-state index >= 15 is 0 Å². The maximum absolute atomic E-state index is 14.3. The minimum Gasteiger partial charge on any atom is -0.455 e. The van der Waals surface area contributed by atoms with Crippen molar-refractivity contribution in [3.05, 3.63) is 180 Å². The van der Waals surface area contributed by atoms with Gasteiger partial charge in [-0.2, -0.15) is 0 Å². The first kappa shape index (κ1) is 26.5. The van der Waals surface area contributed by atoms with Crippen molar-refractivity contribution in [1.29, 1.82) is 0 Å². The molecule has 1 spiro atoms. The van der Waals surface area contributed by atoms with Gasteiger partial charge in [-0.25, -0.2) is 8.42 Å². The molecule has 0 bridgehead atoms. The van der Waals surface area contributed by atoms with Crippen molar-refractivity contribution in [3.63, 3.8) is 0 Å². The van der Waals surface area contributed by atoms with Crippen LogP contribution in [0.5, 0.6) is 0 Å². The fourth-order valence-corrected chi connectivity index (χ4v) is 9.43. The second-order valence-corrected chi connectivity index (χ2v) is 14.4. The second-order valence-electron chi connectivity index (χ2n) is 12.4. The van der Waals surface area contributed by atoms with Gasteiger partial charge in [-0.05, 0) is 80.4 Å². The van der Waals surface area contributed by atoms with Crippen molar-refractivity contribution in [2.75, 3.05) is 0 Å². The Morgan fingerprint density at radius 1 is 0.447 bits per heavy atom. The highest BCUT2D eigenvalue weighted by molar-refractivity contribution is 7.91. The highest BCUT2D eigenvalue weighted by atomic mass is 32.2. The molecule has 8 aromatic rings. The monoisotopic (exact) mass is 622 g/mol. The average Bonchev–Trinajstić information content (AvgIpc) is 3.76. The molecule has 0 N–H and O–H groups in total. The zero-order chi connectivity index (χ0) is 31.3. The molecule has 10 rings (SSSR count). The third kappa shape index (κ3) is 3.43. The number of furan rings is 1. The Kier molecular flexibility index (Phi) is 5.31. The number of sulfone groups is 1. The Balaban J connectivity index is 1.23. The number of fused-ring (bicyclic) bond motifs is 14. The molecule has 222 valence electrons. The molecule has 0 saturated carbocycles. The van der Waals surface area contributed by atoms with E-state index in [1.165, 1.54) is 0 Å². The van der Waals surface area contributed by atoms with Crippen LogP contribution in [0.3, 0.4) is 0 Å². The van der Waals surface area contributed by atoms with Crippen molar-refractivity contribution in [3.8, 4) is 33.4 Å². The van der Waals surface area contributed by atoms with Crippen LogP contribution in [0.2, 0.25) is 0 Å². The van der Waals surface area contributed by atoms with E-state index in [0.717, 1.165) is 77.6 Å². The summed E-state index contributed by atoms with van der Waals surface area (Å²) in [4.78, 5) is 0.560. The van der Waals surface area contributed by atoms with Gasteiger partial charge in [-0.3, -0.25) is 0 Å². The van der Waals surface area contributed by atoms with E-state index in [1.807, 2.05) is 72.8 Å². The van der Waals surface area contributed by atoms with Crippen LogP contribution in [0.1, 0.15) is 22.3 Å². The van der Waals surface area contributed by atoms with Gasteiger partial charge in [0, 0.05) is 16.3 Å². The first-order chi connectivity index (χ1) is 23.1. The third-order valence-corrected chi connectivity index (χ3v) is 11.9. The van der Waals surface area contributed by atoms with Crippen LogP contribution in [-0.2, 0) is 15.3 Å². The van der Waals surface area contributed by atoms with E-state index in [9.17, 15) is 8.42 Å². The molecular formula is C43H26O3S. The fourth-order valence-electron chi connectivity index (χ4n) is 8.14. The summed E-state index contributed by atoms with van der Waals surface area (Å²) in [5.41, 5.74) is 11.8. The molecule has 2 aliphatic rings. The number of hydrogen-bond donors (Lipinski definition) is 0. The molecule has 0 aliphatic heterocycles. The Morgan fingerprint density at radius 3 is 1.87 bits per heavy atom. The Hall–Kier alpha value is -5.71. The maximum Gasteiger partial charge on any atom is 0.206 e. The van der Waals surface area contributed by atoms with E-state index in [0.29, 0.717) is 0 Å². The SMILES string of the molecule is O=S(=O)(c1ccc(-c2ccccc2)cc1)c1ccc2c(c1)C1(c3ccccc3-2)c2ccccc2-c2c1ccc1c2oc2ccccc21. The van der Waals surface area contributed by atoms with Crippen LogP contribution in [0, 0.1) is 0 Å². The van der Waals surface area contributed by atoms with Crippen molar-refractivity contribution >= 4 is 31.8 Å². The predicted octanol–water partition coefficient (Wildman–Crippen LogP) is 10.4. The minimum absolute atomic E-state index is 0.276. The van der Waals surface area contributed by atoms with Gasteiger partial charge in [0.25, 0.3) is 0 Å². The molecule has 3 nitrogen and oxygen atoms in total. The molecule has 1 unspecified atom stereocenters. The standard InChI is InChI=1S/C43H26O3S/c44-47(45,29-20-18-28(19-21-29)27-10-2-1-3-11-27)30-22-23-32-31-12-4-7-15-36(31)43(39(32)26-30)37-16-8-5-14-35(37)41-38(43)25-24-34-33-13-6-9-17-40(33)46-42(34)41/h1-26H. The number of benzene rings is 7. The summed E-state index contributed by atoms with van der Waals surface area (Å²) in [6, 6.07) is 52.4. The third-order valence-electron chi connectivity index (χ3n) is 10.1. The van der Waals surface area contributed by atoms with Crippen molar-refractivity contribution < 1.29 is 12.8 Å². The van der Waals surface area contributed by atoms with Gasteiger partial charge < -0.3 is 4.42 Å². The molecule has 0 fully saturated rings. The van der Waals surface area contributed by atoms with Gasteiger partial charge in [0.1, 0.15) is 11.2 Å². The van der Waals surface area contributed by atoms with Crippen LogP contribution < -0.4 is 0 Å². The van der Waals surface area contributed by atoms with Gasteiger partial charge in [0.2, 0.25) is 9.84 Å². The maximum atomic E-state index is 14.3. The minimum atomic E-state index is -3.82. The zero-order valence-electron chi connectivity index (χ0n) is 25.1. The molecule has 7 aromatic carbocycles. The molecule has 1 aromatic heterocycles. The summed E-state index contributed by atoms with van der Waals surface area (Å²) >= 11 is 0. The fraction of sp³-hybridized carbons (Fsp3) is 0.0233. The molecule has 2 aliphatic carbocycles. The first-order valence-electron chi connectivity index (χ1n) is 15.8. The van der Waals surface area contributed by atoms with E-state index in [-0.39, 0.29) is 9.79 Å². The lowest BCUT2D eigenvalue weighted by molar-refractivity contribution is 0.596. The summed E-state index contributed by atoms with van der Waals surface area (Å²) in [5, 5.41) is 2.16. The summed E-state index contributed by atoms with van der Waals surface area (Å²) in [6.07, 6.45) is 0. The molecule has 0 amide bonds. The first-order valence-corrected chi connectivity index (χ1v) is 17.2. The van der Waals surface area contributed by atoms with Gasteiger partial charge in [-0.15, -0.1) is 0 Å². The summed E-state index contributed by atoms with van der Waals surface area (Å²) in [7, 11) is -3.82. The Morgan fingerprint density at radius 2 is 1.06 bits per heavy atom. The molecule has 47 heavy (non-hydrogen) atoms. The number of para-hydroxylation sites is 1. The van der Waals surface area contributed by atoms with Crippen LogP contribution >= 0.6 is 0 Å².